The lowest BCUT2D eigenvalue weighted by Gasteiger charge is -2.26. The Kier molecular flexibility index (Phi) is 9.02. The van der Waals surface area contributed by atoms with Gasteiger partial charge in [0.25, 0.3) is 0 Å². The number of rotatable bonds is 11. The molecule has 40 heavy (non-hydrogen) atoms. The lowest BCUT2D eigenvalue weighted by molar-refractivity contribution is -0.111. The summed E-state index contributed by atoms with van der Waals surface area (Å²) in [7, 11) is 0. The van der Waals surface area contributed by atoms with E-state index in [2.05, 4.69) is 37.1 Å². The van der Waals surface area contributed by atoms with E-state index in [-0.39, 0.29) is 5.91 Å². The second-order valence-corrected chi connectivity index (χ2v) is 9.43. The predicted molar refractivity (Wildman–Crippen MR) is 154 cm³/mol. The third-order valence-electron chi connectivity index (χ3n) is 6.18. The molecule has 1 aliphatic heterocycles. The zero-order valence-electron chi connectivity index (χ0n) is 21.8. The van der Waals surface area contributed by atoms with E-state index in [1.165, 1.54) is 12.4 Å². The summed E-state index contributed by atoms with van der Waals surface area (Å²) in [6.45, 7) is 7.32. The van der Waals surface area contributed by atoms with Crippen molar-refractivity contribution in [1.82, 2.24) is 19.9 Å². The summed E-state index contributed by atoms with van der Waals surface area (Å²) in [6, 6.07) is 14.6. The van der Waals surface area contributed by atoms with E-state index in [0.29, 0.717) is 71.1 Å². The second kappa shape index (κ2) is 13.2. The Morgan fingerprint density at radius 3 is 2.83 bits per heavy atom. The van der Waals surface area contributed by atoms with Crippen LogP contribution >= 0.6 is 11.6 Å². The third kappa shape index (κ3) is 7.03. The number of nitrogens with one attached hydrogen (secondary N) is 2. The van der Waals surface area contributed by atoms with Gasteiger partial charge >= 0.3 is 0 Å². The van der Waals surface area contributed by atoms with Crippen molar-refractivity contribution in [2.45, 2.75) is 13.0 Å². The number of fused-ring (bicyclic) bond motifs is 1. The molecule has 0 unspecified atom stereocenters. The van der Waals surface area contributed by atoms with Crippen molar-refractivity contribution in [3.63, 3.8) is 0 Å². The van der Waals surface area contributed by atoms with Crippen LogP contribution in [0.15, 0.2) is 73.7 Å². The van der Waals surface area contributed by atoms with Crippen LogP contribution in [0.1, 0.15) is 12.1 Å². The van der Waals surface area contributed by atoms with Crippen molar-refractivity contribution < 1.29 is 19.0 Å². The molecule has 0 spiro atoms. The van der Waals surface area contributed by atoms with Crippen molar-refractivity contribution in [2.24, 2.45) is 0 Å². The molecular weight excluding hydrogens is 532 g/mol. The summed E-state index contributed by atoms with van der Waals surface area (Å²) >= 11 is 6.50. The average molecular weight is 561 g/mol. The van der Waals surface area contributed by atoms with E-state index in [4.69, 9.17) is 25.8 Å². The van der Waals surface area contributed by atoms with Crippen LogP contribution in [-0.4, -0.2) is 58.8 Å². The molecule has 1 amide bonds. The highest BCUT2D eigenvalue weighted by molar-refractivity contribution is 6.32. The van der Waals surface area contributed by atoms with Gasteiger partial charge < -0.3 is 24.8 Å². The first-order valence-corrected chi connectivity index (χ1v) is 13.2. The normalized spacial score (nSPS) is 13.5. The highest BCUT2D eigenvalue weighted by Gasteiger charge is 2.15. The van der Waals surface area contributed by atoms with Crippen LogP contribution in [0.3, 0.4) is 0 Å². The molecule has 0 aliphatic carbocycles. The van der Waals surface area contributed by atoms with Crippen LogP contribution in [0.25, 0.3) is 10.9 Å². The van der Waals surface area contributed by atoms with Gasteiger partial charge in [0.15, 0.2) is 0 Å². The van der Waals surface area contributed by atoms with Crippen molar-refractivity contribution in [1.29, 1.82) is 0 Å². The van der Waals surface area contributed by atoms with Gasteiger partial charge in [-0.15, -0.1) is 0 Å². The zero-order chi connectivity index (χ0) is 27.7. The fraction of sp³-hybridized carbons (Fsp3) is 0.241. The van der Waals surface area contributed by atoms with Crippen LogP contribution < -0.4 is 20.1 Å². The second-order valence-electron chi connectivity index (χ2n) is 9.02. The molecule has 206 valence electrons. The van der Waals surface area contributed by atoms with E-state index < -0.39 is 0 Å². The van der Waals surface area contributed by atoms with Gasteiger partial charge in [0, 0.05) is 43.0 Å². The topological polar surface area (TPSA) is 111 Å². The van der Waals surface area contributed by atoms with Gasteiger partial charge in [-0.1, -0.05) is 24.2 Å². The van der Waals surface area contributed by atoms with Crippen molar-refractivity contribution >= 4 is 45.6 Å². The molecule has 2 aromatic carbocycles. The number of nitrogens with zero attached hydrogens (tertiary/aromatic N) is 4. The Hall–Kier alpha value is -4.25. The minimum absolute atomic E-state index is 0.305. The summed E-state index contributed by atoms with van der Waals surface area (Å²) in [4.78, 5) is 27.5. The Morgan fingerprint density at radius 1 is 1.12 bits per heavy atom. The lowest BCUT2D eigenvalue weighted by Crippen LogP contribution is -2.36. The molecule has 1 aliphatic rings. The maximum Gasteiger partial charge on any atom is 0.247 e. The first kappa shape index (κ1) is 27.3. The van der Waals surface area contributed by atoms with Gasteiger partial charge in [-0.2, -0.15) is 0 Å². The van der Waals surface area contributed by atoms with Gasteiger partial charge in [-0.3, -0.25) is 14.7 Å². The van der Waals surface area contributed by atoms with Crippen molar-refractivity contribution in [2.75, 3.05) is 43.7 Å². The standard InChI is InChI=1S/C29H29ClN6O4/c1-2-28(37)35-25-15-22-24(16-27(25)39-13-11-36-10-5-12-38-19-36)32-18-33-29(22)34-20-7-8-26(23(30)14-20)40-17-21-6-3-4-9-31-21/h2-4,6-9,14-16,18H,1,5,10-13,17,19H2,(H,35,37)(H,32,33,34). The van der Waals surface area contributed by atoms with Gasteiger partial charge in [0.05, 0.1) is 28.7 Å². The number of benzene rings is 2. The highest BCUT2D eigenvalue weighted by atomic mass is 35.5. The fourth-order valence-electron chi connectivity index (χ4n) is 4.16. The monoisotopic (exact) mass is 560 g/mol. The molecule has 1 fully saturated rings. The average Bonchev–Trinajstić information content (AvgIpc) is 2.98. The van der Waals surface area contributed by atoms with Crippen LogP contribution in [0.5, 0.6) is 11.5 Å². The summed E-state index contributed by atoms with van der Waals surface area (Å²) in [5.41, 5.74) is 2.64. The van der Waals surface area contributed by atoms with Gasteiger partial charge in [0.1, 0.15) is 36.9 Å². The molecule has 0 saturated carbocycles. The summed E-state index contributed by atoms with van der Waals surface area (Å²) in [5.74, 6) is 1.22. The third-order valence-corrected chi connectivity index (χ3v) is 6.47. The molecular formula is C29H29ClN6O4. The van der Waals surface area contributed by atoms with Crippen LogP contribution in [-0.2, 0) is 16.1 Å². The molecule has 3 heterocycles. The highest BCUT2D eigenvalue weighted by Crippen LogP contribution is 2.35. The smallest absolute Gasteiger partial charge is 0.247 e. The molecule has 0 bridgehead atoms. The molecule has 4 aromatic rings. The van der Waals surface area contributed by atoms with E-state index in [0.717, 1.165) is 25.3 Å². The number of carbonyl (C=O) groups is 1. The van der Waals surface area contributed by atoms with E-state index in [1.807, 2.05) is 24.3 Å². The minimum Gasteiger partial charge on any atom is -0.490 e. The van der Waals surface area contributed by atoms with Crippen LogP contribution in [0.4, 0.5) is 17.2 Å². The van der Waals surface area contributed by atoms with Crippen molar-refractivity contribution in [3.8, 4) is 11.5 Å². The number of amides is 1. The largest absolute Gasteiger partial charge is 0.490 e. The SMILES string of the molecule is C=CC(=O)Nc1cc2c(Nc3ccc(OCc4ccccn4)c(Cl)c3)ncnc2cc1OCCN1CCCOC1. The predicted octanol–water partition coefficient (Wildman–Crippen LogP) is 5.18. The molecule has 0 atom stereocenters. The quantitative estimate of drug-likeness (QED) is 0.240. The van der Waals surface area contributed by atoms with Crippen LogP contribution in [0, 0.1) is 0 Å². The Balaban J connectivity index is 1.34. The first-order chi connectivity index (χ1) is 19.6. The Morgan fingerprint density at radius 2 is 2.05 bits per heavy atom. The summed E-state index contributed by atoms with van der Waals surface area (Å²) in [6.07, 6.45) is 5.38. The minimum atomic E-state index is -0.354. The maximum absolute atomic E-state index is 12.2. The van der Waals surface area contributed by atoms with E-state index in [1.54, 1.807) is 30.5 Å². The molecule has 2 N–H and O–H groups in total. The van der Waals surface area contributed by atoms with E-state index in [9.17, 15) is 4.79 Å². The number of ether oxygens (including phenoxy) is 3. The Bertz CT molecular complexity index is 1480. The summed E-state index contributed by atoms with van der Waals surface area (Å²) in [5, 5.41) is 7.24. The van der Waals surface area contributed by atoms with E-state index >= 15 is 0 Å². The van der Waals surface area contributed by atoms with Gasteiger partial charge in [0.2, 0.25) is 5.91 Å². The molecule has 2 aromatic heterocycles. The number of aromatic nitrogens is 3. The number of hydrogen-bond donors (Lipinski definition) is 2. The number of hydrogen-bond acceptors (Lipinski definition) is 9. The van der Waals surface area contributed by atoms with Gasteiger partial charge in [-0.25, -0.2) is 9.97 Å². The first-order valence-electron chi connectivity index (χ1n) is 12.8. The number of carbonyl (C=O) groups excluding carboxylic acids is 1. The van der Waals surface area contributed by atoms with Crippen LogP contribution in [0.2, 0.25) is 5.02 Å². The molecule has 1 saturated heterocycles. The molecule has 10 nitrogen and oxygen atoms in total. The maximum atomic E-state index is 12.2. The van der Waals surface area contributed by atoms with Gasteiger partial charge in [-0.05, 0) is 48.9 Å². The summed E-state index contributed by atoms with van der Waals surface area (Å²) < 4.78 is 17.4. The number of halogens is 1. The molecule has 0 radical (unpaired) electrons. The number of pyridine rings is 1. The zero-order valence-corrected chi connectivity index (χ0v) is 22.6. The fourth-order valence-corrected chi connectivity index (χ4v) is 4.40. The number of anilines is 3. The van der Waals surface area contributed by atoms with Crippen molar-refractivity contribution in [3.05, 3.63) is 84.4 Å². The molecule has 11 heteroatoms. The Labute approximate surface area is 237 Å². The lowest BCUT2D eigenvalue weighted by atomic mass is 10.1. The molecule has 5 rings (SSSR count).